The fraction of sp³-hybridized carbons (Fsp3) is 0.435. The van der Waals surface area contributed by atoms with Gasteiger partial charge in [-0.1, -0.05) is 50.2 Å². The third kappa shape index (κ3) is 5.18. The number of rotatable bonds is 8. The molecule has 0 bridgehead atoms. The van der Waals surface area contributed by atoms with E-state index in [2.05, 4.69) is 23.8 Å². The van der Waals surface area contributed by atoms with E-state index in [4.69, 9.17) is 0 Å². The zero-order chi connectivity index (χ0) is 20.9. The average molecular weight is 415 g/mol. The monoisotopic (exact) mass is 414 g/mol. The molecule has 1 aliphatic heterocycles. The summed E-state index contributed by atoms with van der Waals surface area (Å²) < 4.78 is 26.7. The number of carbonyl (C=O) groups is 1. The number of hydrogen-bond donors (Lipinski definition) is 1. The summed E-state index contributed by atoms with van der Waals surface area (Å²) in [4.78, 5) is 15.3. The van der Waals surface area contributed by atoms with E-state index in [0.717, 1.165) is 25.8 Å². The standard InChI is InChI=1S/C23H30N2O3S/c1-3-16-29(27,28)24-20-13-8-12-19(17-20)23(26)25-15-9-14-22(25)21(4-2)18-10-6-5-7-11-18/h5-8,10-13,17,21-22,24H,3-4,9,14-16H2,1-2H3/t21-,22+/m1/s1. The molecule has 1 fully saturated rings. The van der Waals surface area contributed by atoms with E-state index in [-0.39, 0.29) is 17.7 Å². The number of benzene rings is 2. The van der Waals surface area contributed by atoms with Crippen molar-refractivity contribution in [3.8, 4) is 0 Å². The third-order valence-corrected chi connectivity index (χ3v) is 7.04. The predicted octanol–water partition coefficient (Wildman–Crippen LogP) is 4.64. The quantitative estimate of drug-likeness (QED) is 0.684. The van der Waals surface area contributed by atoms with Crippen molar-refractivity contribution in [3.63, 3.8) is 0 Å². The van der Waals surface area contributed by atoms with Crippen molar-refractivity contribution >= 4 is 21.6 Å². The lowest BCUT2D eigenvalue weighted by molar-refractivity contribution is 0.0714. The zero-order valence-corrected chi connectivity index (χ0v) is 18.0. The van der Waals surface area contributed by atoms with Crippen LogP contribution in [0.25, 0.3) is 0 Å². The molecule has 0 spiro atoms. The minimum Gasteiger partial charge on any atom is -0.335 e. The molecule has 3 rings (SSSR count). The van der Waals surface area contributed by atoms with Crippen LogP contribution in [-0.2, 0) is 10.0 Å². The van der Waals surface area contributed by atoms with Crippen LogP contribution in [0.3, 0.4) is 0 Å². The highest BCUT2D eigenvalue weighted by molar-refractivity contribution is 7.92. The summed E-state index contributed by atoms with van der Waals surface area (Å²) in [7, 11) is -3.39. The first kappa shape index (κ1) is 21.4. The maximum atomic E-state index is 13.3. The largest absolute Gasteiger partial charge is 0.335 e. The molecule has 2 atom stereocenters. The summed E-state index contributed by atoms with van der Waals surface area (Å²) in [5.41, 5.74) is 2.23. The Balaban J connectivity index is 1.81. The van der Waals surface area contributed by atoms with E-state index in [1.807, 2.05) is 30.0 Å². The molecule has 2 aromatic rings. The molecule has 29 heavy (non-hydrogen) atoms. The Labute approximate surface area is 174 Å². The second-order valence-electron chi connectivity index (χ2n) is 7.64. The number of carbonyl (C=O) groups excluding carboxylic acids is 1. The van der Waals surface area contributed by atoms with Gasteiger partial charge in [0, 0.05) is 29.8 Å². The average Bonchev–Trinajstić information content (AvgIpc) is 3.18. The minimum absolute atomic E-state index is 0.0292. The number of hydrogen-bond acceptors (Lipinski definition) is 3. The van der Waals surface area contributed by atoms with Crippen LogP contribution in [-0.4, -0.2) is 37.6 Å². The van der Waals surface area contributed by atoms with Crippen molar-refractivity contribution in [2.45, 2.75) is 51.5 Å². The molecule has 1 heterocycles. The summed E-state index contributed by atoms with van der Waals surface area (Å²) in [6.45, 7) is 4.73. The van der Waals surface area contributed by atoms with Gasteiger partial charge in [-0.2, -0.15) is 0 Å². The van der Waals surface area contributed by atoms with Crippen molar-refractivity contribution in [1.82, 2.24) is 4.90 Å². The molecule has 1 saturated heterocycles. The zero-order valence-electron chi connectivity index (χ0n) is 17.2. The van der Waals surface area contributed by atoms with Crippen molar-refractivity contribution in [2.75, 3.05) is 17.0 Å². The number of sulfonamides is 1. The normalized spacial score (nSPS) is 17.9. The molecule has 1 N–H and O–H groups in total. The van der Waals surface area contributed by atoms with Gasteiger partial charge >= 0.3 is 0 Å². The van der Waals surface area contributed by atoms with Gasteiger partial charge in [0.05, 0.1) is 5.75 Å². The lowest BCUT2D eigenvalue weighted by atomic mass is 9.87. The van der Waals surface area contributed by atoms with Gasteiger partial charge in [0.25, 0.3) is 5.91 Å². The van der Waals surface area contributed by atoms with E-state index >= 15 is 0 Å². The van der Waals surface area contributed by atoms with Gasteiger partial charge in [0.1, 0.15) is 0 Å². The maximum absolute atomic E-state index is 13.3. The summed E-state index contributed by atoms with van der Waals surface area (Å²) in [6.07, 6.45) is 3.49. The van der Waals surface area contributed by atoms with E-state index in [1.54, 1.807) is 24.3 Å². The van der Waals surface area contributed by atoms with Crippen molar-refractivity contribution in [3.05, 3.63) is 65.7 Å². The number of likely N-dealkylation sites (tertiary alicyclic amines) is 1. The van der Waals surface area contributed by atoms with Crippen LogP contribution in [0.5, 0.6) is 0 Å². The van der Waals surface area contributed by atoms with Crippen molar-refractivity contribution in [2.24, 2.45) is 0 Å². The van der Waals surface area contributed by atoms with E-state index in [1.165, 1.54) is 5.56 Å². The summed E-state index contributed by atoms with van der Waals surface area (Å²) in [6, 6.07) is 17.4. The van der Waals surface area contributed by atoms with Crippen LogP contribution in [0.15, 0.2) is 54.6 Å². The topological polar surface area (TPSA) is 66.5 Å². The Morgan fingerprint density at radius 3 is 2.59 bits per heavy atom. The van der Waals surface area contributed by atoms with Crippen LogP contribution in [0.1, 0.15) is 61.4 Å². The summed E-state index contributed by atoms with van der Waals surface area (Å²) >= 11 is 0. The molecule has 0 saturated carbocycles. The lowest BCUT2D eigenvalue weighted by Gasteiger charge is -2.32. The first-order chi connectivity index (χ1) is 13.9. The van der Waals surface area contributed by atoms with Gasteiger partial charge in [-0.25, -0.2) is 8.42 Å². The maximum Gasteiger partial charge on any atom is 0.254 e. The number of nitrogens with zero attached hydrogens (tertiary/aromatic N) is 1. The fourth-order valence-electron chi connectivity index (χ4n) is 4.27. The number of anilines is 1. The molecule has 0 radical (unpaired) electrons. The molecule has 156 valence electrons. The van der Waals surface area contributed by atoms with Gasteiger partial charge in [0.2, 0.25) is 10.0 Å². The highest BCUT2D eigenvalue weighted by Gasteiger charge is 2.35. The molecule has 5 nitrogen and oxygen atoms in total. The van der Waals surface area contributed by atoms with Gasteiger partial charge < -0.3 is 4.90 Å². The molecule has 2 aromatic carbocycles. The van der Waals surface area contributed by atoms with Gasteiger partial charge in [0.15, 0.2) is 0 Å². The highest BCUT2D eigenvalue weighted by atomic mass is 32.2. The summed E-state index contributed by atoms with van der Waals surface area (Å²) in [5, 5.41) is 0. The lowest BCUT2D eigenvalue weighted by Crippen LogP contribution is -2.39. The smallest absolute Gasteiger partial charge is 0.254 e. The highest BCUT2D eigenvalue weighted by Crippen LogP contribution is 2.34. The predicted molar refractivity (Wildman–Crippen MR) is 118 cm³/mol. The number of amides is 1. The Morgan fingerprint density at radius 1 is 1.14 bits per heavy atom. The second-order valence-corrected chi connectivity index (χ2v) is 9.48. The molecule has 0 unspecified atom stereocenters. The molecular weight excluding hydrogens is 384 g/mol. The van der Waals surface area contributed by atoms with Crippen LogP contribution in [0.4, 0.5) is 5.69 Å². The van der Waals surface area contributed by atoms with E-state index in [9.17, 15) is 13.2 Å². The summed E-state index contributed by atoms with van der Waals surface area (Å²) in [5.74, 6) is 0.335. The first-order valence-electron chi connectivity index (χ1n) is 10.4. The Morgan fingerprint density at radius 2 is 1.90 bits per heavy atom. The van der Waals surface area contributed by atoms with Crippen molar-refractivity contribution < 1.29 is 13.2 Å². The van der Waals surface area contributed by atoms with E-state index < -0.39 is 10.0 Å². The van der Waals surface area contributed by atoms with E-state index in [0.29, 0.717) is 23.6 Å². The first-order valence-corrected chi connectivity index (χ1v) is 12.1. The fourth-order valence-corrected chi connectivity index (χ4v) is 5.40. The molecule has 0 aromatic heterocycles. The Hall–Kier alpha value is -2.34. The van der Waals surface area contributed by atoms with Gasteiger partial charge in [-0.3, -0.25) is 9.52 Å². The minimum atomic E-state index is -3.39. The van der Waals surface area contributed by atoms with Crippen molar-refractivity contribution in [1.29, 1.82) is 0 Å². The molecule has 0 aliphatic carbocycles. The number of nitrogens with one attached hydrogen (secondary N) is 1. The second kappa shape index (κ2) is 9.44. The van der Waals surface area contributed by atoms with Crippen LogP contribution >= 0.6 is 0 Å². The van der Waals surface area contributed by atoms with Crippen LogP contribution < -0.4 is 4.72 Å². The molecular formula is C23H30N2O3S. The van der Waals surface area contributed by atoms with Crippen LogP contribution in [0.2, 0.25) is 0 Å². The third-order valence-electron chi connectivity index (χ3n) is 5.55. The van der Waals surface area contributed by atoms with Gasteiger partial charge in [-0.05, 0) is 49.4 Å². The SMILES string of the molecule is CCCS(=O)(=O)Nc1cccc(C(=O)N2CCC[C@H]2[C@H](CC)c2ccccc2)c1. The van der Waals surface area contributed by atoms with Gasteiger partial charge in [-0.15, -0.1) is 0 Å². The van der Waals surface area contributed by atoms with Crippen LogP contribution in [0, 0.1) is 0 Å². The molecule has 6 heteroatoms. The molecule has 1 amide bonds. The Kier molecular flexibility index (Phi) is 6.96. The Bertz CT molecular complexity index is 928. The molecule has 1 aliphatic rings.